The summed E-state index contributed by atoms with van der Waals surface area (Å²) >= 11 is 0. The molecular formula is C15H21IN4O. The number of rotatable bonds is 5. The Kier molecular flexibility index (Phi) is 7.21. The normalized spacial score (nSPS) is 13.5. The van der Waals surface area contributed by atoms with E-state index in [-0.39, 0.29) is 29.9 Å². The second kappa shape index (κ2) is 8.66. The number of amides is 1. The summed E-state index contributed by atoms with van der Waals surface area (Å²) in [6.45, 7) is 5.58. The Labute approximate surface area is 142 Å². The van der Waals surface area contributed by atoms with Crippen LogP contribution >= 0.6 is 24.0 Å². The lowest BCUT2D eigenvalue weighted by molar-refractivity contribution is -0.117. The van der Waals surface area contributed by atoms with E-state index in [0.29, 0.717) is 32.0 Å². The van der Waals surface area contributed by atoms with E-state index < -0.39 is 0 Å². The number of nitrogens with one attached hydrogen (secondary N) is 2. The van der Waals surface area contributed by atoms with E-state index in [2.05, 4.69) is 22.2 Å². The van der Waals surface area contributed by atoms with Crippen LogP contribution in [0.1, 0.15) is 5.56 Å². The van der Waals surface area contributed by atoms with E-state index in [1.54, 1.807) is 13.1 Å². The first-order valence-corrected chi connectivity index (χ1v) is 6.70. The zero-order valence-electron chi connectivity index (χ0n) is 12.1. The van der Waals surface area contributed by atoms with E-state index in [9.17, 15) is 4.79 Å². The maximum atomic E-state index is 12.0. The van der Waals surface area contributed by atoms with Crippen molar-refractivity contribution in [2.45, 2.75) is 6.42 Å². The number of aliphatic imine (C=N–C) groups is 1. The fourth-order valence-corrected chi connectivity index (χ4v) is 2.24. The number of hydrogen-bond acceptors (Lipinski definition) is 2. The van der Waals surface area contributed by atoms with Crippen molar-refractivity contribution in [2.24, 2.45) is 4.99 Å². The molecule has 0 saturated heterocycles. The third-order valence-corrected chi connectivity index (χ3v) is 3.19. The van der Waals surface area contributed by atoms with Crippen molar-refractivity contribution in [3.05, 3.63) is 42.5 Å². The molecular weight excluding hydrogens is 379 g/mol. The molecule has 6 heteroatoms. The van der Waals surface area contributed by atoms with Gasteiger partial charge in [-0.15, -0.1) is 30.6 Å². The van der Waals surface area contributed by atoms with Gasteiger partial charge >= 0.3 is 0 Å². The van der Waals surface area contributed by atoms with Gasteiger partial charge in [-0.3, -0.25) is 9.79 Å². The topological polar surface area (TPSA) is 56.7 Å². The first-order valence-electron chi connectivity index (χ1n) is 6.70. The smallest absolute Gasteiger partial charge is 0.231 e. The fraction of sp³-hybridized carbons (Fsp3) is 0.333. The van der Waals surface area contributed by atoms with Gasteiger partial charge in [-0.1, -0.05) is 24.3 Å². The van der Waals surface area contributed by atoms with Gasteiger partial charge in [-0.2, -0.15) is 0 Å². The predicted octanol–water partition coefficient (Wildman–Crippen LogP) is 1.54. The quantitative estimate of drug-likeness (QED) is 0.341. The minimum Gasteiger partial charge on any atom is -0.355 e. The highest BCUT2D eigenvalue weighted by molar-refractivity contribution is 14.0. The average Bonchev–Trinajstić information content (AvgIpc) is 2.78. The standard InChI is InChI=1S/C15H20N4O.HI/c1-3-8-17-15(16-2)18-9-10-19-13-7-5-4-6-12(13)11-14(19)20;/h3-7H,1,8-11H2,2H3,(H2,16,17,18);1H. The number of guanidine groups is 1. The molecule has 0 spiro atoms. The monoisotopic (exact) mass is 400 g/mol. The molecule has 1 aromatic carbocycles. The molecule has 2 rings (SSSR count). The van der Waals surface area contributed by atoms with Gasteiger partial charge in [0.1, 0.15) is 0 Å². The molecule has 0 saturated carbocycles. The number of halogens is 1. The number of carbonyl (C=O) groups is 1. The molecule has 0 atom stereocenters. The maximum Gasteiger partial charge on any atom is 0.231 e. The Morgan fingerprint density at radius 2 is 2.19 bits per heavy atom. The second-order valence-electron chi connectivity index (χ2n) is 4.52. The summed E-state index contributed by atoms with van der Waals surface area (Å²) in [5, 5.41) is 6.27. The van der Waals surface area contributed by atoms with Crippen molar-refractivity contribution in [3.8, 4) is 0 Å². The lowest BCUT2D eigenvalue weighted by Gasteiger charge is -2.18. The second-order valence-corrected chi connectivity index (χ2v) is 4.52. The predicted molar refractivity (Wildman–Crippen MR) is 97.5 cm³/mol. The zero-order valence-corrected chi connectivity index (χ0v) is 14.5. The first-order chi connectivity index (χ1) is 9.76. The maximum absolute atomic E-state index is 12.0. The van der Waals surface area contributed by atoms with Gasteiger partial charge in [0.25, 0.3) is 0 Å². The molecule has 1 aliphatic heterocycles. The van der Waals surface area contributed by atoms with Gasteiger partial charge in [0.15, 0.2) is 5.96 Å². The molecule has 0 fully saturated rings. The van der Waals surface area contributed by atoms with Gasteiger partial charge in [0.05, 0.1) is 6.42 Å². The summed E-state index contributed by atoms with van der Waals surface area (Å²) in [4.78, 5) is 17.9. The highest BCUT2D eigenvalue weighted by atomic mass is 127. The number of carbonyl (C=O) groups excluding carboxylic acids is 1. The largest absolute Gasteiger partial charge is 0.355 e. The van der Waals surface area contributed by atoms with Gasteiger partial charge in [0, 0.05) is 32.4 Å². The van der Waals surface area contributed by atoms with Crippen LogP contribution in [0.2, 0.25) is 0 Å². The molecule has 0 aromatic heterocycles. The summed E-state index contributed by atoms with van der Waals surface area (Å²) in [5.41, 5.74) is 2.13. The molecule has 0 aliphatic carbocycles. The van der Waals surface area contributed by atoms with Crippen LogP contribution in [-0.2, 0) is 11.2 Å². The summed E-state index contributed by atoms with van der Waals surface area (Å²) in [6, 6.07) is 7.92. The Balaban J connectivity index is 0.00000220. The van der Waals surface area contributed by atoms with E-state index in [1.807, 2.05) is 29.2 Å². The fourth-order valence-electron chi connectivity index (χ4n) is 2.24. The third kappa shape index (κ3) is 4.45. The summed E-state index contributed by atoms with van der Waals surface area (Å²) in [6.07, 6.45) is 2.27. The SMILES string of the molecule is C=CCNC(=NC)NCCN1C(=O)Cc2ccccc21.I. The van der Waals surface area contributed by atoms with Crippen LogP contribution < -0.4 is 15.5 Å². The molecule has 0 bridgehead atoms. The van der Waals surface area contributed by atoms with Crippen LogP contribution in [0.15, 0.2) is 41.9 Å². The molecule has 1 heterocycles. The summed E-state index contributed by atoms with van der Waals surface area (Å²) in [5.74, 6) is 0.867. The lowest BCUT2D eigenvalue weighted by atomic mass is 10.2. The zero-order chi connectivity index (χ0) is 14.4. The number of fused-ring (bicyclic) bond motifs is 1. The van der Waals surface area contributed by atoms with Gasteiger partial charge in [0.2, 0.25) is 5.91 Å². The summed E-state index contributed by atoms with van der Waals surface area (Å²) in [7, 11) is 1.72. The molecule has 2 N–H and O–H groups in total. The van der Waals surface area contributed by atoms with E-state index in [0.717, 1.165) is 11.3 Å². The van der Waals surface area contributed by atoms with Crippen LogP contribution in [-0.4, -0.2) is 38.5 Å². The molecule has 0 radical (unpaired) electrons. The number of hydrogen-bond donors (Lipinski definition) is 2. The Morgan fingerprint density at radius 3 is 2.90 bits per heavy atom. The highest BCUT2D eigenvalue weighted by Crippen LogP contribution is 2.27. The van der Waals surface area contributed by atoms with Crippen molar-refractivity contribution in [2.75, 3.05) is 31.6 Å². The van der Waals surface area contributed by atoms with Gasteiger partial charge < -0.3 is 15.5 Å². The Bertz CT molecular complexity index is 530. The van der Waals surface area contributed by atoms with Gasteiger partial charge in [-0.05, 0) is 11.6 Å². The molecule has 1 aliphatic rings. The number of benzene rings is 1. The Morgan fingerprint density at radius 1 is 1.43 bits per heavy atom. The minimum atomic E-state index is 0. The number of para-hydroxylation sites is 1. The lowest BCUT2D eigenvalue weighted by Crippen LogP contribution is -2.42. The van der Waals surface area contributed by atoms with Crippen molar-refractivity contribution < 1.29 is 4.79 Å². The number of nitrogens with zero attached hydrogens (tertiary/aromatic N) is 2. The van der Waals surface area contributed by atoms with Crippen LogP contribution in [0.25, 0.3) is 0 Å². The molecule has 5 nitrogen and oxygen atoms in total. The number of anilines is 1. The average molecular weight is 400 g/mol. The Hall–Kier alpha value is -1.57. The summed E-state index contributed by atoms with van der Waals surface area (Å²) < 4.78 is 0. The van der Waals surface area contributed by atoms with Crippen LogP contribution in [0.5, 0.6) is 0 Å². The van der Waals surface area contributed by atoms with E-state index >= 15 is 0 Å². The molecule has 1 aromatic rings. The van der Waals surface area contributed by atoms with E-state index in [4.69, 9.17) is 0 Å². The third-order valence-electron chi connectivity index (χ3n) is 3.19. The van der Waals surface area contributed by atoms with Crippen molar-refractivity contribution in [3.63, 3.8) is 0 Å². The van der Waals surface area contributed by atoms with E-state index in [1.165, 1.54) is 0 Å². The van der Waals surface area contributed by atoms with Crippen LogP contribution in [0, 0.1) is 0 Å². The molecule has 21 heavy (non-hydrogen) atoms. The van der Waals surface area contributed by atoms with Crippen LogP contribution in [0.3, 0.4) is 0 Å². The van der Waals surface area contributed by atoms with Crippen LogP contribution in [0.4, 0.5) is 5.69 Å². The molecule has 0 unspecified atom stereocenters. The highest BCUT2D eigenvalue weighted by Gasteiger charge is 2.25. The van der Waals surface area contributed by atoms with Crippen molar-refractivity contribution in [1.82, 2.24) is 10.6 Å². The molecule has 1 amide bonds. The van der Waals surface area contributed by atoms with Gasteiger partial charge in [-0.25, -0.2) is 0 Å². The van der Waals surface area contributed by atoms with Crippen molar-refractivity contribution in [1.29, 1.82) is 0 Å². The first kappa shape index (κ1) is 17.5. The molecule has 114 valence electrons. The minimum absolute atomic E-state index is 0. The van der Waals surface area contributed by atoms with Crippen molar-refractivity contribution >= 4 is 41.5 Å².